The van der Waals surface area contributed by atoms with Crippen LogP contribution in [-0.2, 0) is 14.3 Å². The molecule has 0 atom stereocenters. The van der Waals surface area contributed by atoms with Gasteiger partial charge in [-0.25, -0.2) is 4.79 Å². The number of hydrogen-bond donors (Lipinski definition) is 0. The number of rotatable bonds is 5. The van der Waals surface area contributed by atoms with Crippen LogP contribution in [0, 0.1) is 5.92 Å². The summed E-state index contributed by atoms with van der Waals surface area (Å²) in [5.41, 5.74) is 0. The van der Waals surface area contributed by atoms with Crippen LogP contribution >= 0.6 is 0 Å². The summed E-state index contributed by atoms with van der Waals surface area (Å²) in [6.07, 6.45) is 3.33. The maximum atomic E-state index is 11.1. The lowest BCUT2D eigenvalue weighted by Gasteiger charge is -2.03. The van der Waals surface area contributed by atoms with Gasteiger partial charge in [-0.05, 0) is 12.8 Å². The Hall–Kier alpha value is -1.12. The van der Waals surface area contributed by atoms with Crippen molar-refractivity contribution in [3.63, 3.8) is 0 Å². The summed E-state index contributed by atoms with van der Waals surface area (Å²) in [5.74, 6) is -0.180. The predicted molar refractivity (Wildman–Crippen MR) is 50.2 cm³/mol. The van der Waals surface area contributed by atoms with E-state index in [0.717, 1.165) is 0 Å². The molecule has 0 N–H and O–H groups in total. The summed E-state index contributed by atoms with van der Waals surface area (Å²) < 4.78 is 4.67. The number of ether oxygens (including phenoxy) is 1. The molecule has 74 valence electrons. The zero-order valence-corrected chi connectivity index (χ0v) is 8.37. The second-order valence-electron chi connectivity index (χ2n) is 3.24. The second kappa shape index (κ2) is 6.40. The van der Waals surface area contributed by atoms with E-state index in [-0.39, 0.29) is 12.4 Å². The topological polar surface area (TPSA) is 43.4 Å². The fourth-order valence-corrected chi connectivity index (χ4v) is 0.850. The average molecular weight is 184 g/mol. The Morgan fingerprint density at radius 3 is 2.46 bits per heavy atom. The molecule has 0 fully saturated rings. The van der Waals surface area contributed by atoms with E-state index in [9.17, 15) is 9.59 Å². The van der Waals surface area contributed by atoms with Gasteiger partial charge < -0.3 is 4.74 Å². The molecule has 0 aliphatic heterocycles. The van der Waals surface area contributed by atoms with Gasteiger partial charge in [-0.2, -0.15) is 0 Å². The van der Waals surface area contributed by atoms with Crippen molar-refractivity contribution in [3.05, 3.63) is 12.2 Å². The molecule has 13 heavy (non-hydrogen) atoms. The number of esters is 1. The number of allylic oxidation sites excluding steroid dienone is 1. The van der Waals surface area contributed by atoms with Crippen molar-refractivity contribution in [3.8, 4) is 0 Å². The van der Waals surface area contributed by atoms with E-state index >= 15 is 0 Å². The van der Waals surface area contributed by atoms with Crippen LogP contribution < -0.4 is 0 Å². The summed E-state index contributed by atoms with van der Waals surface area (Å²) >= 11 is 0. The van der Waals surface area contributed by atoms with Crippen molar-refractivity contribution < 1.29 is 14.3 Å². The molecular formula is C10H16O3. The first-order valence-electron chi connectivity index (χ1n) is 4.37. The van der Waals surface area contributed by atoms with Crippen molar-refractivity contribution >= 4 is 11.8 Å². The third-order valence-electron chi connectivity index (χ3n) is 1.31. The van der Waals surface area contributed by atoms with Crippen molar-refractivity contribution in [1.82, 2.24) is 0 Å². The number of carbonyl (C=O) groups is 2. The Labute approximate surface area is 78.8 Å². The number of carbonyl (C=O) groups excluding carboxylic acids is 2. The van der Waals surface area contributed by atoms with Crippen molar-refractivity contribution in [2.45, 2.75) is 27.2 Å². The molecule has 0 aromatic carbocycles. The van der Waals surface area contributed by atoms with E-state index in [1.165, 1.54) is 6.08 Å². The summed E-state index contributed by atoms with van der Waals surface area (Å²) in [4.78, 5) is 21.8. The molecule has 0 aliphatic rings. The maximum Gasteiger partial charge on any atom is 0.330 e. The van der Waals surface area contributed by atoms with E-state index in [1.54, 1.807) is 13.0 Å². The first kappa shape index (κ1) is 11.9. The molecule has 0 saturated heterocycles. The quantitative estimate of drug-likeness (QED) is 0.482. The van der Waals surface area contributed by atoms with Crippen LogP contribution in [0.15, 0.2) is 12.2 Å². The Morgan fingerprint density at radius 1 is 1.38 bits per heavy atom. The summed E-state index contributed by atoms with van der Waals surface area (Å²) in [6.45, 7) is 5.51. The maximum absolute atomic E-state index is 11.1. The molecule has 0 saturated carbocycles. The SMILES string of the molecule is CC=CC(=O)OCC(=O)CC(C)C. The van der Waals surface area contributed by atoms with E-state index in [0.29, 0.717) is 12.3 Å². The number of Topliss-reactive ketones (excluding diaryl/α,β-unsaturated/α-hetero) is 1. The lowest BCUT2D eigenvalue weighted by Crippen LogP contribution is -2.13. The van der Waals surface area contributed by atoms with Gasteiger partial charge in [0.1, 0.15) is 6.61 Å². The van der Waals surface area contributed by atoms with Crippen LogP contribution in [0.3, 0.4) is 0 Å². The van der Waals surface area contributed by atoms with E-state index in [1.807, 2.05) is 13.8 Å². The van der Waals surface area contributed by atoms with Crippen LogP contribution in [0.5, 0.6) is 0 Å². The van der Waals surface area contributed by atoms with Crippen LogP contribution in [0.25, 0.3) is 0 Å². The zero-order chi connectivity index (χ0) is 10.3. The molecule has 0 aliphatic carbocycles. The lowest BCUT2D eigenvalue weighted by molar-refractivity contribution is -0.143. The molecule has 3 nitrogen and oxygen atoms in total. The first-order chi connectivity index (χ1) is 6.06. The minimum Gasteiger partial charge on any atom is -0.455 e. The minimum atomic E-state index is -0.459. The number of ketones is 1. The fraction of sp³-hybridized carbons (Fsp3) is 0.600. The standard InChI is InChI=1S/C10H16O3/c1-4-5-10(12)13-7-9(11)6-8(2)3/h4-5,8H,6-7H2,1-3H3. The molecule has 3 heteroatoms. The van der Waals surface area contributed by atoms with Crippen LogP contribution in [0.4, 0.5) is 0 Å². The summed E-state index contributed by atoms with van der Waals surface area (Å²) in [5, 5.41) is 0. The Morgan fingerprint density at radius 2 is 2.00 bits per heavy atom. The highest BCUT2D eigenvalue weighted by Crippen LogP contribution is 2.00. The second-order valence-corrected chi connectivity index (χ2v) is 3.24. The van der Waals surface area contributed by atoms with Crippen molar-refractivity contribution in [2.24, 2.45) is 5.92 Å². The first-order valence-corrected chi connectivity index (χ1v) is 4.37. The van der Waals surface area contributed by atoms with Gasteiger partial charge in [0.05, 0.1) is 0 Å². The molecule has 0 radical (unpaired) electrons. The zero-order valence-electron chi connectivity index (χ0n) is 8.37. The summed E-state index contributed by atoms with van der Waals surface area (Å²) in [6, 6.07) is 0. The van der Waals surface area contributed by atoms with Gasteiger partial charge in [0, 0.05) is 12.5 Å². The molecule has 0 amide bonds. The minimum absolute atomic E-state index is 0.0344. The molecule has 0 aromatic heterocycles. The van der Waals surface area contributed by atoms with Crippen molar-refractivity contribution in [2.75, 3.05) is 6.61 Å². The Balaban J connectivity index is 3.64. The molecule has 0 spiro atoms. The van der Waals surface area contributed by atoms with Crippen LogP contribution in [-0.4, -0.2) is 18.4 Å². The Kier molecular flexibility index (Phi) is 5.85. The summed E-state index contributed by atoms with van der Waals surface area (Å²) in [7, 11) is 0. The fourth-order valence-electron chi connectivity index (χ4n) is 0.850. The third-order valence-corrected chi connectivity index (χ3v) is 1.31. The van der Waals surface area contributed by atoms with E-state index < -0.39 is 5.97 Å². The largest absolute Gasteiger partial charge is 0.455 e. The normalized spacial score (nSPS) is 10.8. The highest BCUT2D eigenvalue weighted by Gasteiger charge is 2.06. The predicted octanol–water partition coefficient (Wildman–Crippen LogP) is 1.72. The smallest absolute Gasteiger partial charge is 0.330 e. The molecule has 0 bridgehead atoms. The van der Waals surface area contributed by atoms with E-state index in [4.69, 9.17) is 0 Å². The average Bonchev–Trinajstić information content (AvgIpc) is 2.00. The molecular weight excluding hydrogens is 168 g/mol. The van der Waals surface area contributed by atoms with Gasteiger partial charge in [-0.15, -0.1) is 0 Å². The van der Waals surface area contributed by atoms with Gasteiger partial charge >= 0.3 is 5.97 Å². The van der Waals surface area contributed by atoms with Gasteiger partial charge in [0.2, 0.25) is 0 Å². The van der Waals surface area contributed by atoms with Gasteiger partial charge in [-0.3, -0.25) is 4.79 Å². The number of hydrogen-bond acceptors (Lipinski definition) is 3. The highest BCUT2D eigenvalue weighted by atomic mass is 16.5. The van der Waals surface area contributed by atoms with Gasteiger partial charge in [-0.1, -0.05) is 19.9 Å². The highest BCUT2D eigenvalue weighted by molar-refractivity contribution is 5.86. The van der Waals surface area contributed by atoms with Crippen LogP contribution in [0.1, 0.15) is 27.2 Å². The van der Waals surface area contributed by atoms with Crippen LogP contribution in [0.2, 0.25) is 0 Å². The van der Waals surface area contributed by atoms with Crippen molar-refractivity contribution in [1.29, 1.82) is 0 Å². The molecule has 0 rings (SSSR count). The molecule has 0 aromatic rings. The Bertz CT molecular complexity index is 204. The van der Waals surface area contributed by atoms with E-state index in [2.05, 4.69) is 4.74 Å². The molecule has 0 unspecified atom stereocenters. The van der Waals surface area contributed by atoms with Gasteiger partial charge in [0.15, 0.2) is 5.78 Å². The molecule has 0 heterocycles. The monoisotopic (exact) mass is 184 g/mol. The van der Waals surface area contributed by atoms with Gasteiger partial charge in [0.25, 0.3) is 0 Å². The lowest BCUT2D eigenvalue weighted by atomic mass is 10.1. The third kappa shape index (κ3) is 7.25.